The van der Waals surface area contributed by atoms with Gasteiger partial charge in [0.15, 0.2) is 0 Å². The zero-order chi connectivity index (χ0) is 16.8. The van der Waals surface area contributed by atoms with Gasteiger partial charge in [0.2, 0.25) is 0 Å². The second kappa shape index (κ2) is 7.59. The van der Waals surface area contributed by atoms with Gasteiger partial charge in [-0.05, 0) is 44.0 Å². The number of hydrogen-bond donors (Lipinski definition) is 2. The van der Waals surface area contributed by atoms with Gasteiger partial charge in [-0.15, -0.1) is 0 Å². The molecule has 0 radical (unpaired) electrons. The normalized spacial score (nSPS) is 11.5. The highest BCUT2D eigenvalue weighted by atomic mass is 19.1. The lowest BCUT2D eigenvalue weighted by atomic mass is 10.0. The number of halogens is 1. The molecule has 0 bridgehead atoms. The lowest BCUT2D eigenvalue weighted by molar-refractivity contribution is -0.136. The van der Waals surface area contributed by atoms with Gasteiger partial charge in [0.25, 0.3) is 0 Å². The molecule has 0 fully saturated rings. The topological polar surface area (TPSA) is 75.6 Å². The zero-order valence-corrected chi connectivity index (χ0v) is 12.9. The number of amides is 1. The maximum absolute atomic E-state index is 13.2. The summed E-state index contributed by atoms with van der Waals surface area (Å²) < 4.78 is 18.3. The molecule has 0 aromatic heterocycles. The minimum Gasteiger partial charge on any atom is -0.481 e. The van der Waals surface area contributed by atoms with Crippen LogP contribution in [0.4, 0.5) is 9.18 Å². The van der Waals surface area contributed by atoms with Crippen molar-refractivity contribution in [3.63, 3.8) is 0 Å². The lowest BCUT2D eigenvalue weighted by Gasteiger charge is -2.19. The SMILES string of the molecule is CC(C)(C)OC(=O)NCC=Cc1cc(F)ccc1CC(=O)O. The summed E-state index contributed by atoms with van der Waals surface area (Å²) in [6.45, 7) is 5.46. The minimum absolute atomic E-state index is 0.192. The van der Waals surface area contributed by atoms with Crippen LogP contribution in [0.15, 0.2) is 24.3 Å². The molecule has 0 aliphatic rings. The highest BCUT2D eigenvalue weighted by Crippen LogP contribution is 2.14. The first-order valence-corrected chi connectivity index (χ1v) is 6.81. The molecule has 0 atom stereocenters. The molecule has 2 N–H and O–H groups in total. The summed E-state index contributed by atoms with van der Waals surface area (Å²) in [5.74, 6) is -1.44. The molecule has 1 rings (SSSR count). The van der Waals surface area contributed by atoms with Crippen molar-refractivity contribution in [2.24, 2.45) is 0 Å². The number of alkyl carbamates (subject to hydrolysis) is 1. The molecule has 0 saturated heterocycles. The smallest absolute Gasteiger partial charge is 0.407 e. The Hall–Kier alpha value is -2.37. The standard InChI is InChI=1S/C16H20FNO4/c1-16(2,3)22-15(21)18-8-4-5-11-9-13(17)7-6-12(11)10-14(19)20/h4-7,9H,8,10H2,1-3H3,(H,18,21)(H,19,20). The predicted octanol–water partition coefficient (Wildman–Crippen LogP) is 2.99. The molecule has 1 amide bonds. The maximum Gasteiger partial charge on any atom is 0.407 e. The van der Waals surface area contributed by atoms with Gasteiger partial charge in [0, 0.05) is 6.54 Å². The molecule has 0 heterocycles. The van der Waals surface area contributed by atoms with Crippen molar-refractivity contribution in [2.75, 3.05) is 6.54 Å². The van der Waals surface area contributed by atoms with Crippen molar-refractivity contribution >= 4 is 18.1 Å². The van der Waals surface area contributed by atoms with Gasteiger partial charge in [-0.3, -0.25) is 4.79 Å². The fourth-order valence-electron chi connectivity index (χ4n) is 1.69. The van der Waals surface area contributed by atoms with Crippen LogP contribution in [0, 0.1) is 5.82 Å². The Morgan fingerprint density at radius 3 is 2.64 bits per heavy atom. The lowest BCUT2D eigenvalue weighted by Crippen LogP contribution is -2.32. The molecule has 6 heteroatoms. The molecule has 0 saturated carbocycles. The molecule has 0 aliphatic carbocycles. The number of benzene rings is 1. The first-order chi connectivity index (χ1) is 10.2. The number of carboxylic acid groups (broad SMARTS) is 1. The van der Waals surface area contributed by atoms with E-state index in [1.807, 2.05) is 0 Å². The fraction of sp³-hybridized carbons (Fsp3) is 0.375. The maximum atomic E-state index is 13.2. The first kappa shape index (κ1) is 17.7. The van der Waals surface area contributed by atoms with Gasteiger partial charge in [-0.1, -0.05) is 18.2 Å². The number of ether oxygens (including phenoxy) is 1. The Bertz CT molecular complexity index is 576. The number of carbonyl (C=O) groups is 2. The third-order valence-corrected chi connectivity index (χ3v) is 2.51. The van der Waals surface area contributed by atoms with Crippen LogP contribution in [0.2, 0.25) is 0 Å². The molecular weight excluding hydrogens is 289 g/mol. The predicted molar refractivity (Wildman–Crippen MR) is 81.0 cm³/mol. The van der Waals surface area contributed by atoms with Gasteiger partial charge < -0.3 is 15.2 Å². The Morgan fingerprint density at radius 2 is 2.05 bits per heavy atom. The Labute approximate surface area is 128 Å². The quantitative estimate of drug-likeness (QED) is 0.876. The second-order valence-corrected chi connectivity index (χ2v) is 5.70. The largest absolute Gasteiger partial charge is 0.481 e. The molecule has 120 valence electrons. The Balaban J connectivity index is 2.64. The highest BCUT2D eigenvalue weighted by molar-refractivity contribution is 5.73. The van der Waals surface area contributed by atoms with Crippen molar-refractivity contribution in [1.82, 2.24) is 5.32 Å². The fourth-order valence-corrected chi connectivity index (χ4v) is 1.69. The van der Waals surface area contributed by atoms with Crippen molar-refractivity contribution in [1.29, 1.82) is 0 Å². The summed E-state index contributed by atoms with van der Waals surface area (Å²) in [6.07, 6.45) is 2.42. The Kier molecular flexibility index (Phi) is 6.10. The third-order valence-electron chi connectivity index (χ3n) is 2.51. The van der Waals surface area contributed by atoms with Crippen LogP contribution in [0.1, 0.15) is 31.9 Å². The summed E-state index contributed by atoms with van der Waals surface area (Å²) >= 11 is 0. The van der Waals surface area contributed by atoms with E-state index in [0.29, 0.717) is 11.1 Å². The van der Waals surface area contributed by atoms with Gasteiger partial charge in [0.1, 0.15) is 11.4 Å². The van der Waals surface area contributed by atoms with Crippen LogP contribution < -0.4 is 5.32 Å². The number of hydrogen-bond acceptors (Lipinski definition) is 3. The first-order valence-electron chi connectivity index (χ1n) is 6.81. The zero-order valence-electron chi connectivity index (χ0n) is 12.9. The summed E-state index contributed by atoms with van der Waals surface area (Å²) in [5.41, 5.74) is 0.390. The van der Waals surface area contributed by atoms with E-state index >= 15 is 0 Å². The highest BCUT2D eigenvalue weighted by Gasteiger charge is 2.15. The second-order valence-electron chi connectivity index (χ2n) is 5.70. The number of carbonyl (C=O) groups excluding carboxylic acids is 1. The molecule has 0 unspecified atom stereocenters. The van der Waals surface area contributed by atoms with E-state index < -0.39 is 23.5 Å². The number of rotatable bonds is 5. The monoisotopic (exact) mass is 309 g/mol. The number of nitrogens with one attached hydrogen (secondary N) is 1. The van der Waals surface area contributed by atoms with E-state index in [9.17, 15) is 14.0 Å². The minimum atomic E-state index is -0.992. The average molecular weight is 309 g/mol. The van der Waals surface area contributed by atoms with Crippen LogP contribution in [0.5, 0.6) is 0 Å². The summed E-state index contributed by atoms with van der Waals surface area (Å²) in [4.78, 5) is 22.2. The molecule has 22 heavy (non-hydrogen) atoms. The average Bonchev–Trinajstić information content (AvgIpc) is 2.35. The van der Waals surface area contributed by atoms with Crippen molar-refractivity contribution < 1.29 is 23.8 Å². The van der Waals surface area contributed by atoms with Crippen molar-refractivity contribution in [3.05, 3.63) is 41.2 Å². The van der Waals surface area contributed by atoms with Crippen LogP contribution in [0.25, 0.3) is 6.08 Å². The van der Waals surface area contributed by atoms with Crippen LogP contribution >= 0.6 is 0 Å². The summed E-state index contributed by atoms with van der Waals surface area (Å²) in [5, 5.41) is 11.3. The van der Waals surface area contributed by atoms with Crippen LogP contribution in [-0.4, -0.2) is 29.3 Å². The van der Waals surface area contributed by atoms with Crippen molar-refractivity contribution in [3.8, 4) is 0 Å². The summed E-state index contributed by atoms with van der Waals surface area (Å²) in [6, 6.07) is 3.90. The van der Waals surface area contributed by atoms with E-state index in [2.05, 4.69) is 5.32 Å². The molecule has 1 aromatic rings. The van der Waals surface area contributed by atoms with Crippen molar-refractivity contribution in [2.45, 2.75) is 32.8 Å². The molecular formula is C16H20FNO4. The van der Waals surface area contributed by atoms with E-state index in [4.69, 9.17) is 9.84 Å². The van der Waals surface area contributed by atoms with Gasteiger partial charge in [-0.25, -0.2) is 9.18 Å². The molecule has 5 nitrogen and oxygen atoms in total. The number of carboxylic acids is 1. The van der Waals surface area contributed by atoms with Gasteiger partial charge in [0.05, 0.1) is 6.42 Å². The van der Waals surface area contributed by atoms with E-state index in [1.165, 1.54) is 18.2 Å². The summed E-state index contributed by atoms with van der Waals surface area (Å²) in [7, 11) is 0. The number of aliphatic carboxylic acids is 1. The molecule has 0 spiro atoms. The van der Waals surface area contributed by atoms with Crippen LogP contribution in [0.3, 0.4) is 0 Å². The van der Waals surface area contributed by atoms with E-state index in [-0.39, 0.29) is 13.0 Å². The van der Waals surface area contributed by atoms with E-state index in [0.717, 1.165) is 0 Å². The third kappa shape index (κ3) is 6.88. The van der Waals surface area contributed by atoms with Gasteiger partial charge in [-0.2, -0.15) is 0 Å². The molecule has 1 aromatic carbocycles. The van der Waals surface area contributed by atoms with Gasteiger partial charge >= 0.3 is 12.1 Å². The van der Waals surface area contributed by atoms with E-state index in [1.54, 1.807) is 32.9 Å². The van der Waals surface area contributed by atoms with Crippen LogP contribution in [-0.2, 0) is 16.0 Å². The Morgan fingerprint density at radius 1 is 1.36 bits per heavy atom. The molecule has 0 aliphatic heterocycles.